The van der Waals surface area contributed by atoms with Crippen molar-refractivity contribution in [2.24, 2.45) is 0 Å². The summed E-state index contributed by atoms with van der Waals surface area (Å²) < 4.78 is 5.83. The van der Waals surface area contributed by atoms with Crippen molar-refractivity contribution in [1.82, 2.24) is 15.3 Å². The second-order valence-electron chi connectivity index (χ2n) is 4.49. The molecule has 0 aliphatic carbocycles. The molecule has 0 spiro atoms. The van der Waals surface area contributed by atoms with E-state index in [9.17, 15) is 0 Å². The van der Waals surface area contributed by atoms with Crippen LogP contribution in [0.15, 0.2) is 30.7 Å². The minimum atomic E-state index is 0. The molecule has 19 heavy (non-hydrogen) atoms. The van der Waals surface area contributed by atoms with Crippen LogP contribution in [0.25, 0.3) is 11.3 Å². The maximum Gasteiger partial charge on any atom is 0.0952 e. The summed E-state index contributed by atoms with van der Waals surface area (Å²) in [6, 6.07) is 6.38. The molecule has 0 saturated heterocycles. The van der Waals surface area contributed by atoms with E-state index >= 15 is 0 Å². The Bertz CT molecular complexity index is 527. The first-order valence-corrected chi connectivity index (χ1v) is 6.27. The van der Waals surface area contributed by atoms with Gasteiger partial charge in [-0.2, -0.15) is 0 Å². The minimum absolute atomic E-state index is 0. The highest BCUT2D eigenvalue weighted by Crippen LogP contribution is 2.33. The molecule has 0 fully saturated rings. The van der Waals surface area contributed by atoms with Crippen LogP contribution in [0.5, 0.6) is 0 Å². The first-order chi connectivity index (χ1) is 8.90. The number of aromatic amines is 1. The van der Waals surface area contributed by atoms with Crippen LogP contribution in [0.3, 0.4) is 0 Å². The molecule has 1 aliphatic heterocycles. The standard InChI is InChI=1S/C14H17N3O.ClH/c1-15-8-14-12-4-2-3-11(10(12)5-6-18-14)13-7-16-9-17-13;/h2-4,7,9,14-15H,5-6,8H2,1H3,(H,16,17);1H/t14-;/m0./s1. The monoisotopic (exact) mass is 279 g/mol. The van der Waals surface area contributed by atoms with E-state index in [-0.39, 0.29) is 18.5 Å². The lowest BCUT2D eigenvalue weighted by molar-refractivity contribution is 0.0440. The maximum absolute atomic E-state index is 5.83. The summed E-state index contributed by atoms with van der Waals surface area (Å²) in [6.45, 7) is 1.62. The normalized spacial score (nSPS) is 17.6. The van der Waals surface area contributed by atoms with E-state index in [4.69, 9.17) is 4.74 Å². The van der Waals surface area contributed by atoms with Gasteiger partial charge in [0.05, 0.1) is 24.7 Å². The van der Waals surface area contributed by atoms with Gasteiger partial charge in [-0.3, -0.25) is 0 Å². The number of nitrogens with one attached hydrogen (secondary N) is 2. The van der Waals surface area contributed by atoms with Gasteiger partial charge in [0.15, 0.2) is 0 Å². The minimum Gasteiger partial charge on any atom is -0.372 e. The topological polar surface area (TPSA) is 49.9 Å². The molecular formula is C14H18ClN3O. The molecule has 1 atom stereocenters. The molecule has 102 valence electrons. The number of nitrogens with zero attached hydrogens (tertiary/aromatic N) is 1. The summed E-state index contributed by atoms with van der Waals surface area (Å²) in [4.78, 5) is 7.37. The van der Waals surface area contributed by atoms with Crippen LogP contribution in [0, 0.1) is 0 Å². The first kappa shape index (κ1) is 14.1. The van der Waals surface area contributed by atoms with Gasteiger partial charge in [-0.1, -0.05) is 18.2 Å². The molecule has 0 saturated carbocycles. The van der Waals surface area contributed by atoms with Crippen molar-refractivity contribution in [1.29, 1.82) is 0 Å². The van der Waals surface area contributed by atoms with Crippen molar-refractivity contribution in [2.75, 3.05) is 20.2 Å². The third-order valence-corrected chi connectivity index (χ3v) is 3.39. The van der Waals surface area contributed by atoms with Gasteiger partial charge in [0.1, 0.15) is 0 Å². The fourth-order valence-corrected chi connectivity index (χ4v) is 2.58. The highest BCUT2D eigenvalue weighted by Gasteiger charge is 2.22. The van der Waals surface area contributed by atoms with Gasteiger partial charge < -0.3 is 15.0 Å². The molecule has 5 heteroatoms. The predicted molar refractivity (Wildman–Crippen MR) is 77.6 cm³/mol. The molecule has 1 aliphatic rings. The number of hydrogen-bond acceptors (Lipinski definition) is 3. The van der Waals surface area contributed by atoms with Crippen molar-refractivity contribution in [3.63, 3.8) is 0 Å². The highest BCUT2D eigenvalue weighted by atomic mass is 35.5. The van der Waals surface area contributed by atoms with E-state index in [0.717, 1.165) is 25.3 Å². The zero-order valence-corrected chi connectivity index (χ0v) is 11.7. The van der Waals surface area contributed by atoms with Gasteiger partial charge >= 0.3 is 0 Å². The molecule has 2 aromatic rings. The lowest BCUT2D eigenvalue weighted by atomic mass is 9.91. The number of imidazole rings is 1. The van der Waals surface area contributed by atoms with E-state index in [2.05, 4.69) is 33.5 Å². The Morgan fingerprint density at radius 1 is 1.47 bits per heavy atom. The Morgan fingerprint density at radius 2 is 2.37 bits per heavy atom. The second-order valence-corrected chi connectivity index (χ2v) is 4.49. The van der Waals surface area contributed by atoms with Crippen molar-refractivity contribution >= 4 is 12.4 Å². The Hall–Kier alpha value is -1.36. The molecule has 0 bridgehead atoms. The number of hydrogen-bond donors (Lipinski definition) is 2. The summed E-state index contributed by atoms with van der Waals surface area (Å²) in [5, 5.41) is 3.19. The largest absolute Gasteiger partial charge is 0.372 e. The van der Waals surface area contributed by atoms with Gasteiger partial charge in [0.25, 0.3) is 0 Å². The molecule has 3 rings (SSSR count). The van der Waals surface area contributed by atoms with Gasteiger partial charge in [-0.05, 0) is 24.6 Å². The Balaban J connectivity index is 0.00000133. The average molecular weight is 280 g/mol. The number of H-pyrrole nitrogens is 1. The number of aromatic nitrogens is 2. The summed E-state index contributed by atoms with van der Waals surface area (Å²) >= 11 is 0. The van der Waals surface area contributed by atoms with Crippen LogP contribution in [-0.2, 0) is 11.2 Å². The lowest BCUT2D eigenvalue weighted by Crippen LogP contribution is -2.25. The van der Waals surface area contributed by atoms with E-state index < -0.39 is 0 Å². The van der Waals surface area contributed by atoms with Crippen LogP contribution in [0.4, 0.5) is 0 Å². The fraction of sp³-hybridized carbons (Fsp3) is 0.357. The average Bonchev–Trinajstić information content (AvgIpc) is 2.93. The van der Waals surface area contributed by atoms with Crippen LogP contribution >= 0.6 is 12.4 Å². The van der Waals surface area contributed by atoms with E-state index in [1.807, 2.05) is 13.2 Å². The third-order valence-electron chi connectivity index (χ3n) is 3.39. The van der Waals surface area contributed by atoms with E-state index in [1.54, 1.807) is 6.33 Å². The summed E-state index contributed by atoms with van der Waals surface area (Å²) in [7, 11) is 1.95. The molecule has 0 amide bonds. The number of benzene rings is 1. The van der Waals surface area contributed by atoms with Gasteiger partial charge in [0.2, 0.25) is 0 Å². The molecule has 2 N–H and O–H groups in total. The number of rotatable bonds is 3. The zero-order valence-electron chi connectivity index (χ0n) is 10.8. The molecule has 2 heterocycles. The summed E-state index contributed by atoms with van der Waals surface area (Å²) in [5.41, 5.74) is 4.89. The lowest BCUT2D eigenvalue weighted by Gasteiger charge is -2.27. The van der Waals surface area contributed by atoms with Crippen LogP contribution in [0.2, 0.25) is 0 Å². The Labute approximate surface area is 119 Å². The molecule has 1 aromatic heterocycles. The van der Waals surface area contributed by atoms with Crippen molar-refractivity contribution < 1.29 is 4.74 Å². The maximum atomic E-state index is 5.83. The first-order valence-electron chi connectivity index (χ1n) is 6.27. The van der Waals surface area contributed by atoms with Gasteiger partial charge in [-0.25, -0.2) is 4.98 Å². The smallest absolute Gasteiger partial charge is 0.0952 e. The van der Waals surface area contributed by atoms with E-state index in [0.29, 0.717) is 0 Å². The van der Waals surface area contributed by atoms with Gasteiger partial charge in [0, 0.05) is 18.3 Å². The van der Waals surface area contributed by atoms with Crippen LogP contribution in [0.1, 0.15) is 17.2 Å². The second kappa shape index (κ2) is 6.19. The zero-order chi connectivity index (χ0) is 12.4. The van der Waals surface area contributed by atoms with Gasteiger partial charge in [-0.15, -0.1) is 12.4 Å². The van der Waals surface area contributed by atoms with E-state index in [1.165, 1.54) is 16.7 Å². The highest BCUT2D eigenvalue weighted by molar-refractivity contribution is 5.85. The van der Waals surface area contributed by atoms with Crippen molar-refractivity contribution in [3.8, 4) is 11.3 Å². The molecule has 1 aromatic carbocycles. The molecule has 0 unspecified atom stereocenters. The number of halogens is 1. The number of fused-ring (bicyclic) bond motifs is 1. The van der Waals surface area contributed by atoms with Crippen molar-refractivity contribution in [3.05, 3.63) is 41.9 Å². The Kier molecular flexibility index (Phi) is 4.58. The quantitative estimate of drug-likeness (QED) is 0.907. The molecule has 4 nitrogen and oxygen atoms in total. The van der Waals surface area contributed by atoms with Crippen molar-refractivity contribution in [2.45, 2.75) is 12.5 Å². The molecule has 0 radical (unpaired) electrons. The summed E-state index contributed by atoms with van der Waals surface area (Å²) in [6.07, 6.45) is 4.77. The fourth-order valence-electron chi connectivity index (χ4n) is 2.58. The number of likely N-dealkylation sites (N-methyl/N-ethyl adjacent to an activating group) is 1. The van der Waals surface area contributed by atoms with Crippen LogP contribution < -0.4 is 5.32 Å². The predicted octanol–water partition coefficient (Wildman–Crippen LogP) is 2.33. The van der Waals surface area contributed by atoms with Crippen LogP contribution in [-0.4, -0.2) is 30.2 Å². The Morgan fingerprint density at radius 3 is 3.11 bits per heavy atom. The molecular weight excluding hydrogens is 262 g/mol. The number of ether oxygens (including phenoxy) is 1. The summed E-state index contributed by atoms with van der Waals surface area (Å²) in [5.74, 6) is 0. The third kappa shape index (κ3) is 2.66. The SMILES string of the molecule is CNC[C@@H]1OCCc2c(-c3c[nH]cn3)cccc21.Cl.